The van der Waals surface area contributed by atoms with Crippen LogP contribution in [0.15, 0.2) is 146 Å². The van der Waals surface area contributed by atoms with Gasteiger partial charge in [0.25, 0.3) is 0 Å². The Morgan fingerprint density at radius 1 is 0.455 bits per heavy atom. The van der Waals surface area contributed by atoms with Crippen LogP contribution in [0.2, 0.25) is 13.1 Å². The molecule has 0 bridgehead atoms. The summed E-state index contributed by atoms with van der Waals surface area (Å²) in [5.41, 5.74) is 9.76. The van der Waals surface area contributed by atoms with Crippen LogP contribution in [0.1, 0.15) is 128 Å². The van der Waals surface area contributed by atoms with Crippen molar-refractivity contribution in [1.29, 1.82) is 0 Å². The molecular formula is C62H72Cl2SiZr-2. The summed E-state index contributed by atoms with van der Waals surface area (Å²) in [6.07, 6.45) is 25.0. The van der Waals surface area contributed by atoms with Gasteiger partial charge in [-0.15, -0.1) is 69.1 Å². The van der Waals surface area contributed by atoms with Gasteiger partial charge in [0, 0.05) is 0 Å². The first-order chi connectivity index (χ1) is 31.3. The quantitative estimate of drug-likeness (QED) is 0.0728. The average molecular weight is 1010 g/mol. The summed E-state index contributed by atoms with van der Waals surface area (Å²) in [6, 6.07) is 54.7. The van der Waals surface area contributed by atoms with Crippen LogP contribution in [0.4, 0.5) is 0 Å². The molecule has 0 saturated heterocycles. The van der Waals surface area contributed by atoms with E-state index < -0.39 is 0 Å². The fourth-order valence-corrected chi connectivity index (χ4v) is 11.9. The van der Waals surface area contributed by atoms with E-state index in [9.17, 15) is 0 Å². The molecule has 2 aliphatic carbocycles. The van der Waals surface area contributed by atoms with Gasteiger partial charge in [0.2, 0.25) is 0 Å². The first-order valence-electron chi connectivity index (χ1n) is 25.1. The Morgan fingerprint density at radius 3 is 1.18 bits per heavy atom. The van der Waals surface area contributed by atoms with E-state index in [-0.39, 0.29) is 30.2 Å². The first-order valence-corrected chi connectivity index (χ1v) is 31.3. The third-order valence-corrected chi connectivity index (χ3v) is 14.8. The molecule has 0 N–H and O–H groups in total. The van der Waals surface area contributed by atoms with Gasteiger partial charge in [0.1, 0.15) is 0 Å². The van der Waals surface area contributed by atoms with Gasteiger partial charge in [0.15, 0.2) is 0 Å². The van der Waals surface area contributed by atoms with Crippen molar-refractivity contribution in [2.45, 2.75) is 143 Å². The zero-order chi connectivity index (χ0) is 44.4. The number of hydrogen-bond acceptors (Lipinski definition) is 0. The zero-order valence-electron chi connectivity index (χ0n) is 40.3. The molecule has 0 amide bonds. The van der Waals surface area contributed by atoms with Crippen LogP contribution in [0.5, 0.6) is 0 Å². The van der Waals surface area contributed by atoms with E-state index in [1.807, 2.05) is 0 Å². The fourth-order valence-electron chi connectivity index (χ4n) is 11.9. The maximum Gasteiger partial charge on any atom is -1.00 e. The molecule has 0 heterocycles. The van der Waals surface area contributed by atoms with E-state index in [4.69, 9.17) is 0 Å². The predicted molar refractivity (Wildman–Crippen MR) is 280 cm³/mol. The third-order valence-electron chi connectivity index (χ3n) is 14.8. The number of rotatable bonds is 10. The van der Waals surface area contributed by atoms with Crippen LogP contribution < -0.4 is 24.8 Å². The first kappa shape index (κ1) is 52.1. The monoisotopic (exact) mass is 1000 g/mol. The molecule has 8 aromatic carbocycles. The predicted octanol–water partition coefficient (Wildman–Crippen LogP) is 12.9. The van der Waals surface area contributed by atoms with Gasteiger partial charge in [-0.05, 0) is 107 Å². The van der Waals surface area contributed by atoms with Crippen molar-refractivity contribution in [3.8, 4) is 22.3 Å². The van der Waals surface area contributed by atoms with Crippen LogP contribution in [-0.4, -0.2) is 5.43 Å². The topological polar surface area (TPSA) is 0 Å². The standard InChI is InChI=1S/2C30H33.C2H6Si.2ClH.Zr/c2*1-2-16-30(17-7-3-4-8-18-30)22-23-19-26-12-9-13-28(29(26)20-23)27-15-14-24-10-5-6-11-25(24)21-27;1-3-2;;;/h2*5-6,9-15,19-21H,2-4,7-8,16-18,22H2,1H3;1-2H3;2*1H;/q2*-1;;;;+2/p-2. The SMILES string of the molecule is CCCC1(Cc2cc3c(-c4ccc5ccccc5c4)cccc3[cH-]2)CCCCCC1.CCCC1(Cc2cc3c(-c4ccc5ccccc5c4)cccc3[cH-]2)CCCCCC1.C[Si](C)=[Zr+2].[Cl-].[Cl-]. The number of benzene rings is 6. The molecule has 66 heavy (non-hydrogen) atoms. The molecular weight excluding hydrogens is 935 g/mol. The van der Waals surface area contributed by atoms with Crippen LogP contribution in [-0.2, 0) is 36.2 Å². The van der Waals surface area contributed by atoms with Crippen LogP contribution in [0, 0.1) is 10.8 Å². The molecule has 10 rings (SSSR count). The molecule has 0 nitrogen and oxygen atoms in total. The molecule has 0 aromatic heterocycles. The Hall–Kier alpha value is -3.26. The molecule has 2 saturated carbocycles. The summed E-state index contributed by atoms with van der Waals surface area (Å²) in [7, 11) is 0. The normalized spacial score (nSPS) is 15.6. The maximum atomic E-state index is 2.50. The molecule has 2 aliphatic rings. The van der Waals surface area contributed by atoms with Gasteiger partial charge in [0.05, 0.1) is 0 Å². The van der Waals surface area contributed by atoms with E-state index in [0.29, 0.717) is 10.8 Å². The Balaban J connectivity index is 0.000000196. The van der Waals surface area contributed by atoms with Crippen molar-refractivity contribution in [3.63, 3.8) is 0 Å². The molecule has 8 aromatic rings. The number of halogens is 2. The molecule has 0 spiro atoms. The largest absolute Gasteiger partial charge is 1.00 e. The van der Waals surface area contributed by atoms with Gasteiger partial charge in [-0.3, -0.25) is 0 Å². The second-order valence-corrected chi connectivity index (χ2v) is 29.5. The second kappa shape index (κ2) is 24.9. The Morgan fingerprint density at radius 2 is 0.818 bits per heavy atom. The van der Waals surface area contributed by atoms with Gasteiger partial charge in [-0.2, -0.15) is 12.1 Å². The fraction of sp³-hybridized carbons (Fsp3) is 0.387. The van der Waals surface area contributed by atoms with Crippen LogP contribution >= 0.6 is 0 Å². The van der Waals surface area contributed by atoms with E-state index >= 15 is 0 Å². The van der Waals surface area contributed by atoms with Gasteiger partial charge in [-0.1, -0.05) is 174 Å². The molecule has 344 valence electrons. The van der Waals surface area contributed by atoms with Crippen LogP contribution in [0.3, 0.4) is 0 Å². The minimum Gasteiger partial charge on any atom is -1.00 e. The Labute approximate surface area is 425 Å². The third kappa shape index (κ3) is 13.1. The molecule has 0 atom stereocenters. The Bertz CT molecular complexity index is 2580. The average Bonchev–Trinajstić information content (AvgIpc) is 3.73. The zero-order valence-corrected chi connectivity index (χ0v) is 45.3. The minimum absolute atomic E-state index is 0. The summed E-state index contributed by atoms with van der Waals surface area (Å²) in [6.45, 7) is 9.35. The van der Waals surface area contributed by atoms with Crippen molar-refractivity contribution < 1.29 is 48.1 Å². The summed E-state index contributed by atoms with van der Waals surface area (Å²) in [5.74, 6) is 0. The second-order valence-electron chi connectivity index (χ2n) is 20.1. The number of fused-ring (bicyclic) bond motifs is 4. The molecule has 2 fully saturated rings. The van der Waals surface area contributed by atoms with E-state index in [0.717, 1.165) is 0 Å². The van der Waals surface area contributed by atoms with Crippen molar-refractivity contribution >= 4 is 48.5 Å². The number of hydrogen-bond donors (Lipinski definition) is 0. The van der Waals surface area contributed by atoms with Gasteiger partial charge in [-0.25, -0.2) is 0 Å². The molecule has 0 unspecified atom stereocenters. The van der Waals surface area contributed by atoms with E-state index in [1.165, 1.54) is 181 Å². The van der Waals surface area contributed by atoms with Crippen molar-refractivity contribution in [2.75, 3.05) is 0 Å². The van der Waals surface area contributed by atoms with Crippen LogP contribution in [0.25, 0.3) is 65.3 Å². The summed E-state index contributed by atoms with van der Waals surface area (Å²) < 4.78 is 0. The molecule has 0 aliphatic heterocycles. The molecule has 4 heteroatoms. The Kier molecular flexibility index (Phi) is 19.6. The molecule has 0 radical (unpaired) electrons. The summed E-state index contributed by atoms with van der Waals surface area (Å²) in [4.78, 5) is 0. The van der Waals surface area contributed by atoms with Crippen molar-refractivity contribution in [1.82, 2.24) is 0 Å². The smallest absolute Gasteiger partial charge is 1.00 e. The van der Waals surface area contributed by atoms with Crippen molar-refractivity contribution in [3.05, 3.63) is 157 Å². The van der Waals surface area contributed by atoms with Gasteiger partial charge < -0.3 is 24.8 Å². The maximum absolute atomic E-state index is 2.50. The van der Waals surface area contributed by atoms with E-state index in [1.54, 1.807) is 34.5 Å². The summed E-state index contributed by atoms with van der Waals surface area (Å²) in [5, 5.41) is 10.9. The van der Waals surface area contributed by atoms with E-state index in [2.05, 4.69) is 173 Å². The minimum atomic E-state index is 0. The van der Waals surface area contributed by atoms with Gasteiger partial charge >= 0.3 is 41.9 Å². The summed E-state index contributed by atoms with van der Waals surface area (Å²) >= 11 is 1.74. The van der Waals surface area contributed by atoms with Crippen molar-refractivity contribution in [2.24, 2.45) is 10.8 Å².